The summed E-state index contributed by atoms with van der Waals surface area (Å²) < 4.78 is 27.9. The zero-order valence-corrected chi connectivity index (χ0v) is 16.8. The van der Waals surface area contributed by atoms with E-state index in [0.29, 0.717) is 35.0 Å². The Morgan fingerprint density at radius 1 is 1.24 bits per heavy atom. The van der Waals surface area contributed by atoms with Crippen LogP contribution in [0, 0.1) is 11.8 Å². The maximum atomic E-state index is 12.7. The molecule has 1 fully saturated rings. The van der Waals surface area contributed by atoms with Crippen LogP contribution < -0.4 is 5.32 Å². The van der Waals surface area contributed by atoms with Crippen LogP contribution in [-0.4, -0.2) is 49.6 Å². The van der Waals surface area contributed by atoms with Gasteiger partial charge in [-0.1, -0.05) is 43.1 Å². The Bertz CT molecular complexity index is 712. The summed E-state index contributed by atoms with van der Waals surface area (Å²) in [5.41, 5.74) is 0.279. The largest absolute Gasteiger partial charge is 0.322 e. The predicted octanol–water partition coefficient (Wildman–Crippen LogP) is 3.09. The Morgan fingerprint density at radius 2 is 1.76 bits per heavy atom. The number of anilines is 1. The van der Waals surface area contributed by atoms with Gasteiger partial charge in [-0.3, -0.25) is 4.79 Å². The van der Waals surface area contributed by atoms with Crippen molar-refractivity contribution in [2.24, 2.45) is 11.8 Å². The zero-order valence-electron chi connectivity index (χ0n) is 14.5. The molecule has 0 radical (unpaired) electrons. The third-order valence-corrected chi connectivity index (χ3v) is 6.65. The number of hydrogen-bond acceptors (Lipinski definition) is 3. The minimum atomic E-state index is -3.70. The highest BCUT2D eigenvalue weighted by Crippen LogP contribution is 2.30. The van der Waals surface area contributed by atoms with Gasteiger partial charge in [0.1, 0.15) is 0 Å². The molecule has 6 nitrogen and oxygen atoms in total. The van der Waals surface area contributed by atoms with Gasteiger partial charge in [0.25, 0.3) is 10.2 Å². The smallest absolute Gasteiger partial charge is 0.282 e. The van der Waals surface area contributed by atoms with Gasteiger partial charge >= 0.3 is 0 Å². The lowest BCUT2D eigenvalue weighted by molar-refractivity contribution is -0.116. The Balaban J connectivity index is 2.05. The van der Waals surface area contributed by atoms with Crippen LogP contribution in [0.5, 0.6) is 0 Å². The van der Waals surface area contributed by atoms with E-state index in [1.54, 1.807) is 18.2 Å². The standard InChI is InChI=1S/C16H23Cl2N3O3S/c1-11-7-12(2)9-21(8-11)25(23,24)20(3)10-15(22)19-16-13(17)5-4-6-14(16)18/h4-6,11-12H,7-10H2,1-3H3,(H,19,22)/t11-,12-/m0/s1. The second kappa shape index (κ2) is 8.22. The lowest BCUT2D eigenvalue weighted by Crippen LogP contribution is -2.49. The summed E-state index contributed by atoms with van der Waals surface area (Å²) in [7, 11) is -2.30. The summed E-state index contributed by atoms with van der Waals surface area (Å²) in [6, 6.07) is 4.86. The van der Waals surface area contributed by atoms with Gasteiger partial charge in [-0.25, -0.2) is 0 Å². The number of nitrogens with one attached hydrogen (secondary N) is 1. The molecule has 1 heterocycles. The predicted molar refractivity (Wildman–Crippen MR) is 101 cm³/mol. The van der Waals surface area contributed by atoms with E-state index in [4.69, 9.17) is 23.2 Å². The van der Waals surface area contributed by atoms with Gasteiger partial charge in [-0.2, -0.15) is 17.0 Å². The summed E-state index contributed by atoms with van der Waals surface area (Å²) in [6.07, 6.45) is 1.00. The van der Waals surface area contributed by atoms with Crippen molar-refractivity contribution in [2.45, 2.75) is 20.3 Å². The Hall–Kier alpha value is -0.860. The fraction of sp³-hybridized carbons (Fsp3) is 0.562. The van der Waals surface area contributed by atoms with E-state index < -0.39 is 16.1 Å². The first-order chi connectivity index (χ1) is 11.6. The van der Waals surface area contributed by atoms with Crippen LogP contribution in [0.3, 0.4) is 0 Å². The molecule has 0 unspecified atom stereocenters. The van der Waals surface area contributed by atoms with Crippen LogP contribution in [0.1, 0.15) is 20.3 Å². The van der Waals surface area contributed by atoms with Gasteiger partial charge in [0.15, 0.2) is 0 Å². The van der Waals surface area contributed by atoms with Gasteiger partial charge in [0, 0.05) is 20.1 Å². The molecule has 1 aromatic carbocycles. The number of carbonyl (C=O) groups excluding carboxylic acids is 1. The summed E-state index contributed by atoms with van der Waals surface area (Å²) >= 11 is 12.0. The number of rotatable bonds is 5. The number of likely N-dealkylation sites (N-methyl/N-ethyl adjacent to an activating group) is 1. The molecule has 1 aliphatic rings. The average Bonchev–Trinajstić information content (AvgIpc) is 2.50. The second-order valence-electron chi connectivity index (χ2n) is 6.67. The van der Waals surface area contributed by atoms with Crippen molar-refractivity contribution in [3.63, 3.8) is 0 Å². The van der Waals surface area contributed by atoms with Crippen molar-refractivity contribution in [3.05, 3.63) is 28.2 Å². The van der Waals surface area contributed by atoms with Crippen molar-refractivity contribution in [2.75, 3.05) is 32.0 Å². The zero-order chi connectivity index (χ0) is 18.8. The first-order valence-corrected chi connectivity index (χ1v) is 10.2. The molecule has 0 saturated carbocycles. The molecule has 1 aliphatic heterocycles. The number of benzene rings is 1. The van der Waals surface area contributed by atoms with Gasteiger partial charge in [0.2, 0.25) is 5.91 Å². The molecule has 1 amide bonds. The maximum absolute atomic E-state index is 12.7. The molecule has 1 saturated heterocycles. The van der Waals surface area contributed by atoms with Crippen molar-refractivity contribution in [1.29, 1.82) is 0 Å². The highest BCUT2D eigenvalue weighted by Gasteiger charge is 2.33. The number of hydrogen-bond donors (Lipinski definition) is 1. The number of carbonyl (C=O) groups is 1. The van der Waals surface area contributed by atoms with Crippen molar-refractivity contribution < 1.29 is 13.2 Å². The molecule has 0 bridgehead atoms. The molecule has 1 aromatic rings. The number of piperidine rings is 1. The summed E-state index contributed by atoms with van der Waals surface area (Å²) in [5.74, 6) is 0.0875. The fourth-order valence-electron chi connectivity index (χ4n) is 3.07. The molecule has 2 atom stereocenters. The Kier molecular flexibility index (Phi) is 6.73. The van der Waals surface area contributed by atoms with Crippen LogP contribution in [0.2, 0.25) is 10.0 Å². The number of halogens is 2. The normalized spacial score (nSPS) is 22.2. The van der Waals surface area contributed by atoms with Crippen LogP contribution >= 0.6 is 23.2 Å². The van der Waals surface area contributed by atoms with Gasteiger partial charge in [-0.05, 0) is 30.4 Å². The highest BCUT2D eigenvalue weighted by atomic mass is 35.5. The van der Waals surface area contributed by atoms with Gasteiger partial charge < -0.3 is 5.32 Å². The van der Waals surface area contributed by atoms with E-state index in [9.17, 15) is 13.2 Å². The van der Waals surface area contributed by atoms with E-state index in [-0.39, 0.29) is 12.2 Å². The lowest BCUT2D eigenvalue weighted by Gasteiger charge is -2.36. The molecule has 9 heteroatoms. The van der Waals surface area contributed by atoms with E-state index in [1.165, 1.54) is 11.4 Å². The van der Waals surface area contributed by atoms with Crippen molar-refractivity contribution in [1.82, 2.24) is 8.61 Å². The summed E-state index contributed by atoms with van der Waals surface area (Å²) in [5, 5.41) is 3.17. The Labute approximate surface area is 159 Å². The van der Waals surface area contributed by atoms with E-state index in [1.807, 2.05) is 13.8 Å². The van der Waals surface area contributed by atoms with E-state index in [0.717, 1.165) is 10.7 Å². The first-order valence-electron chi connectivity index (χ1n) is 8.06. The van der Waals surface area contributed by atoms with Crippen LogP contribution in [0.15, 0.2) is 18.2 Å². The van der Waals surface area contributed by atoms with Gasteiger partial charge in [0.05, 0.1) is 22.3 Å². The molecule has 1 N–H and O–H groups in total. The average molecular weight is 408 g/mol. The molecule has 0 aliphatic carbocycles. The molecule has 25 heavy (non-hydrogen) atoms. The van der Waals surface area contributed by atoms with Crippen molar-refractivity contribution >= 4 is 45.0 Å². The minimum Gasteiger partial charge on any atom is -0.322 e. The molecular weight excluding hydrogens is 385 g/mol. The molecule has 140 valence electrons. The number of para-hydroxylation sites is 1. The summed E-state index contributed by atoms with van der Waals surface area (Å²) in [6.45, 7) is 4.68. The first kappa shape index (κ1) is 20.5. The number of amides is 1. The van der Waals surface area contributed by atoms with Crippen LogP contribution in [-0.2, 0) is 15.0 Å². The molecule has 0 aromatic heterocycles. The maximum Gasteiger partial charge on any atom is 0.282 e. The second-order valence-corrected chi connectivity index (χ2v) is 9.52. The lowest BCUT2D eigenvalue weighted by atomic mass is 9.94. The number of nitrogens with zero attached hydrogens (tertiary/aromatic N) is 2. The minimum absolute atomic E-state index is 0.279. The van der Waals surface area contributed by atoms with Crippen LogP contribution in [0.25, 0.3) is 0 Å². The monoisotopic (exact) mass is 407 g/mol. The van der Waals surface area contributed by atoms with E-state index >= 15 is 0 Å². The van der Waals surface area contributed by atoms with Crippen LogP contribution in [0.4, 0.5) is 5.69 Å². The molecule has 2 rings (SSSR count). The topological polar surface area (TPSA) is 69.7 Å². The third-order valence-electron chi connectivity index (χ3n) is 4.15. The van der Waals surface area contributed by atoms with E-state index in [2.05, 4.69) is 5.32 Å². The quantitative estimate of drug-likeness (QED) is 0.814. The molecular formula is C16H23Cl2N3O3S. The van der Waals surface area contributed by atoms with Crippen molar-refractivity contribution in [3.8, 4) is 0 Å². The fourth-order valence-corrected chi connectivity index (χ4v) is 5.12. The Morgan fingerprint density at radius 3 is 2.28 bits per heavy atom. The van der Waals surface area contributed by atoms with Gasteiger partial charge in [-0.15, -0.1) is 0 Å². The molecule has 0 spiro atoms. The third kappa shape index (κ3) is 5.08. The highest BCUT2D eigenvalue weighted by molar-refractivity contribution is 7.86. The SMILES string of the molecule is C[C@H]1C[C@H](C)CN(S(=O)(=O)N(C)CC(=O)Nc2c(Cl)cccc2Cl)C1. The summed E-state index contributed by atoms with van der Waals surface area (Å²) in [4.78, 5) is 12.2.